The molecule has 0 radical (unpaired) electrons. The monoisotopic (exact) mass is 156 g/mol. The van der Waals surface area contributed by atoms with E-state index < -0.39 is 0 Å². The van der Waals surface area contributed by atoms with Gasteiger partial charge in [-0.25, -0.2) is 0 Å². The summed E-state index contributed by atoms with van der Waals surface area (Å²) in [7, 11) is 0. The topological polar surface area (TPSA) is 61.4 Å². The van der Waals surface area contributed by atoms with Crippen molar-refractivity contribution in [2.45, 2.75) is 0 Å². The minimum absolute atomic E-state index is 0.0408. The molecule has 0 aromatic heterocycles. The average molecular weight is 156 g/mol. The number of nitrogens with one attached hydrogen (secondary N) is 2. The van der Waals surface area contributed by atoms with Crippen molar-refractivity contribution in [3.05, 3.63) is 0 Å². The lowest BCUT2D eigenvalue weighted by Crippen LogP contribution is -2.35. The fourth-order valence-corrected chi connectivity index (χ4v) is 0.506. The number of terminal acetylenes is 1. The first-order valence-corrected chi connectivity index (χ1v) is 3.33. The van der Waals surface area contributed by atoms with E-state index in [2.05, 4.69) is 16.6 Å². The summed E-state index contributed by atoms with van der Waals surface area (Å²) in [6.07, 6.45) is 4.93. The third-order valence-corrected chi connectivity index (χ3v) is 0.947. The summed E-state index contributed by atoms with van der Waals surface area (Å²) in [5, 5.41) is 13.5. The van der Waals surface area contributed by atoms with Gasteiger partial charge in [-0.05, 0) is 0 Å². The predicted molar refractivity (Wildman–Crippen MR) is 41.8 cm³/mol. The summed E-state index contributed by atoms with van der Waals surface area (Å²) < 4.78 is 0. The van der Waals surface area contributed by atoms with Crippen LogP contribution in [0.2, 0.25) is 0 Å². The van der Waals surface area contributed by atoms with E-state index >= 15 is 0 Å². The Morgan fingerprint density at radius 2 is 2.36 bits per heavy atom. The summed E-state index contributed by atoms with van der Waals surface area (Å²) in [5.74, 6) is 2.18. The minimum atomic E-state index is -0.158. The molecule has 0 spiro atoms. The molecule has 0 aromatic rings. The van der Waals surface area contributed by atoms with Gasteiger partial charge in [0.2, 0.25) is 5.91 Å². The molecule has 0 saturated carbocycles. The zero-order valence-electron chi connectivity index (χ0n) is 6.26. The van der Waals surface area contributed by atoms with E-state index in [0.717, 1.165) is 0 Å². The van der Waals surface area contributed by atoms with Crippen LogP contribution in [-0.4, -0.2) is 37.3 Å². The number of hydrogen-bond acceptors (Lipinski definition) is 3. The van der Waals surface area contributed by atoms with Crippen molar-refractivity contribution >= 4 is 5.91 Å². The highest BCUT2D eigenvalue weighted by Gasteiger charge is 1.96. The Morgan fingerprint density at radius 3 is 2.91 bits per heavy atom. The quantitative estimate of drug-likeness (QED) is 0.329. The number of rotatable bonds is 5. The molecule has 0 rings (SSSR count). The molecular weight excluding hydrogens is 144 g/mol. The van der Waals surface area contributed by atoms with Gasteiger partial charge in [0.1, 0.15) is 0 Å². The van der Waals surface area contributed by atoms with Gasteiger partial charge in [0.15, 0.2) is 0 Å². The lowest BCUT2D eigenvalue weighted by molar-refractivity contribution is -0.120. The van der Waals surface area contributed by atoms with E-state index in [1.54, 1.807) is 0 Å². The normalized spacial score (nSPS) is 8.73. The number of amides is 1. The number of carbonyl (C=O) groups is 1. The van der Waals surface area contributed by atoms with Crippen LogP contribution in [0.15, 0.2) is 0 Å². The molecular formula is C7H12N2O2. The fraction of sp³-hybridized carbons (Fsp3) is 0.571. The first-order valence-electron chi connectivity index (χ1n) is 3.33. The zero-order chi connectivity index (χ0) is 8.53. The molecule has 1 amide bonds. The Labute approximate surface area is 66.0 Å². The van der Waals surface area contributed by atoms with Crippen molar-refractivity contribution in [3.8, 4) is 12.3 Å². The summed E-state index contributed by atoms with van der Waals surface area (Å²) in [5.41, 5.74) is 0. The van der Waals surface area contributed by atoms with Crippen LogP contribution in [0.4, 0.5) is 0 Å². The van der Waals surface area contributed by atoms with Gasteiger partial charge in [0.05, 0.1) is 19.7 Å². The zero-order valence-corrected chi connectivity index (χ0v) is 6.26. The highest BCUT2D eigenvalue weighted by atomic mass is 16.3. The predicted octanol–water partition coefficient (Wildman–Crippen LogP) is -1.68. The summed E-state index contributed by atoms with van der Waals surface area (Å²) in [4.78, 5) is 10.7. The molecule has 0 unspecified atom stereocenters. The van der Waals surface area contributed by atoms with Gasteiger partial charge in [-0.3, -0.25) is 10.1 Å². The third-order valence-electron chi connectivity index (χ3n) is 0.947. The van der Waals surface area contributed by atoms with Crippen LogP contribution in [0, 0.1) is 12.3 Å². The maximum atomic E-state index is 10.7. The second-order valence-electron chi connectivity index (χ2n) is 1.88. The molecule has 11 heavy (non-hydrogen) atoms. The number of aliphatic hydroxyl groups excluding tert-OH is 1. The van der Waals surface area contributed by atoms with Crippen LogP contribution in [0.1, 0.15) is 0 Å². The largest absolute Gasteiger partial charge is 0.395 e. The van der Waals surface area contributed by atoms with Crippen LogP contribution >= 0.6 is 0 Å². The summed E-state index contributed by atoms with van der Waals surface area (Å²) >= 11 is 0. The van der Waals surface area contributed by atoms with E-state index in [-0.39, 0.29) is 25.6 Å². The minimum Gasteiger partial charge on any atom is -0.395 e. The molecule has 3 N–H and O–H groups in total. The maximum absolute atomic E-state index is 10.7. The average Bonchev–Trinajstić information content (AvgIpc) is 2.01. The molecule has 4 heteroatoms. The van der Waals surface area contributed by atoms with Gasteiger partial charge in [-0.1, -0.05) is 5.92 Å². The molecule has 0 atom stereocenters. The molecule has 0 aromatic carbocycles. The Bertz CT molecular complexity index is 151. The van der Waals surface area contributed by atoms with Gasteiger partial charge in [0, 0.05) is 6.54 Å². The second kappa shape index (κ2) is 7.06. The number of hydrogen-bond donors (Lipinski definition) is 3. The Balaban J connectivity index is 3.17. The number of carbonyl (C=O) groups excluding carboxylic acids is 1. The molecule has 0 aliphatic carbocycles. The van der Waals surface area contributed by atoms with Gasteiger partial charge in [0.25, 0.3) is 0 Å². The van der Waals surface area contributed by atoms with Crippen molar-refractivity contribution in [2.24, 2.45) is 0 Å². The lowest BCUT2D eigenvalue weighted by Gasteiger charge is -2.01. The Kier molecular flexibility index (Phi) is 6.39. The van der Waals surface area contributed by atoms with E-state index in [1.165, 1.54) is 0 Å². The Hall–Kier alpha value is -1.05. The lowest BCUT2D eigenvalue weighted by atomic mass is 10.5. The van der Waals surface area contributed by atoms with Crippen molar-refractivity contribution in [2.75, 3.05) is 26.2 Å². The number of aliphatic hydroxyl groups is 1. The van der Waals surface area contributed by atoms with Crippen molar-refractivity contribution in [1.82, 2.24) is 10.6 Å². The van der Waals surface area contributed by atoms with Gasteiger partial charge in [-0.2, -0.15) is 0 Å². The first-order chi connectivity index (χ1) is 5.31. The molecule has 0 saturated heterocycles. The van der Waals surface area contributed by atoms with Crippen LogP contribution < -0.4 is 10.6 Å². The highest BCUT2D eigenvalue weighted by Crippen LogP contribution is 1.63. The molecule has 0 fully saturated rings. The van der Waals surface area contributed by atoms with Gasteiger partial charge < -0.3 is 10.4 Å². The van der Waals surface area contributed by atoms with Crippen LogP contribution in [0.5, 0.6) is 0 Å². The van der Waals surface area contributed by atoms with Crippen LogP contribution in [-0.2, 0) is 4.79 Å². The van der Waals surface area contributed by atoms with Crippen molar-refractivity contribution < 1.29 is 9.90 Å². The van der Waals surface area contributed by atoms with Crippen molar-refractivity contribution in [3.63, 3.8) is 0 Å². The SMILES string of the molecule is C#CCNCC(=O)NCCO. The van der Waals surface area contributed by atoms with Gasteiger partial charge in [-0.15, -0.1) is 6.42 Å². The molecule has 62 valence electrons. The highest BCUT2D eigenvalue weighted by molar-refractivity contribution is 5.77. The van der Waals surface area contributed by atoms with E-state index in [0.29, 0.717) is 6.54 Å². The maximum Gasteiger partial charge on any atom is 0.234 e. The fourth-order valence-electron chi connectivity index (χ4n) is 0.506. The molecule has 4 nitrogen and oxygen atoms in total. The van der Waals surface area contributed by atoms with Gasteiger partial charge >= 0.3 is 0 Å². The summed E-state index contributed by atoms with van der Waals surface area (Å²) in [6, 6.07) is 0. The Morgan fingerprint density at radius 1 is 1.64 bits per heavy atom. The third kappa shape index (κ3) is 6.84. The molecule has 0 heterocycles. The standard InChI is InChI=1S/C7H12N2O2/c1-2-3-8-6-7(11)9-4-5-10/h1,8,10H,3-6H2,(H,9,11). The smallest absolute Gasteiger partial charge is 0.234 e. The van der Waals surface area contributed by atoms with E-state index in [4.69, 9.17) is 11.5 Å². The van der Waals surface area contributed by atoms with Crippen molar-refractivity contribution in [1.29, 1.82) is 0 Å². The molecule has 0 bridgehead atoms. The van der Waals surface area contributed by atoms with E-state index in [9.17, 15) is 4.79 Å². The first kappa shape index (κ1) is 9.95. The van der Waals surface area contributed by atoms with E-state index in [1.807, 2.05) is 0 Å². The second-order valence-corrected chi connectivity index (χ2v) is 1.88. The molecule has 0 aliphatic heterocycles. The van der Waals surface area contributed by atoms with Crippen LogP contribution in [0.25, 0.3) is 0 Å². The van der Waals surface area contributed by atoms with Crippen LogP contribution in [0.3, 0.4) is 0 Å². The summed E-state index contributed by atoms with van der Waals surface area (Å²) in [6.45, 7) is 0.828. The molecule has 0 aliphatic rings.